The molecular formula is C15H20O2. The van der Waals surface area contributed by atoms with Gasteiger partial charge in [0, 0.05) is 5.56 Å². The summed E-state index contributed by atoms with van der Waals surface area (Å²) in [4.78, 5) is 0. The minimum Gasteiger partial charge on any atom is -0.493 e. The molecule has 92 valence electrons. The lowest BCUT2D eigenvalue weighted by molar-refractivity contribution is 0.111. The first kappa shape index (κ1) is 12.2. The molecular weight excluding hydrogens is 212 g/mol. The second-order valence-corrected chi connectivity index (χ2v) is 5.54. The Bertz CT molecular complexity index is 444. The Morgan fingerprint density at radius 1 is 1.47 bits per heavy atom. The molecule has 0 aromatic heterocycles. The van der Waals surface area contributed by atoms with Gasteiger partial charge in [0.05, 0.1) is 6.61 Å². The maximum Gasteiger partial charge on any atom is 0.123 e. The zero-order valence-electron chi connectivity index (χ0n) is 10.8. The molecule has 1 aromatic rings. The van der Waals surface area contributed by atoms with Gasteiger partial charge in [-0.2, -0.15) is 0 Å². The molecule has 2 rings (SSSR count). The predicted molar refractivity (Wildman–Crippen MR) is 69.3 cm³/mol. The van der Waals surface area contributed by atoms with Crippen LogP contribution in [0, 0.1) is 0 Å². The summed E-state index contributed by atoms with van der Waals surface area (Å²) in [5, 5.41) is 10.2. The predicted octanol–water partition coefficient (Wildman–Crippen LogP) is 3.14. The van der Waals surface area contributed by atoms with Gasteiger partial charge in [-0.3, -0.25) is 0 Å². The molecule has 0 unspecified atom stereocenters. The minimum atomic E-state index is -0.984. The van der Waals surface area contributed by atoms with E-state index < -0.39 is 5.60 Å². The van der Waals surface area contributed by atoms with Gasteiger partial charge in [0.2, 0.25) is 0 Å². The molecule has 0 aliphatic carbocycles. The van der Waals surface area contributed by atoms with Gasteiger partial charge in [0.25, 0.3) is 0 Å². The molecule has 0 amide bonds. The standard InChI is InChI=1S/C15H20O2/c1-5-15(4,16)11-6-7-13-12(10-11)14(2,3)8-9-17-13/h5-7,10,16H,1,8-9H2,2-4H3/t15-/m1/s1. The third kappa shape index (κ3) is 2.09. The minimum absolute atomic E-state index is 0.0981. The van der Waals surface area contributed by atoms with E-state index in [1.165, 1.54) is 5.56 Å². The number of aliphatic hydroxyl groups is 1. The molecule has 0 spiro atoms. The Kier molecular flexibility index (Phi) is 2.78. The first-order valence-electron chi connectivity index (χ1n) is 6.00. The van der Waals surface area contributed by atoms with Crippen LogP contribution < -0.4 is 4.74 Å². The first-order chi connectivity index (χ1) is 7.87. The molecule has 0 bridgehead atoms. The van der Waals surface area contributed by atoms with E-state index in [1.54, 1.807) is 13.0 Å². The molecule has 0 fully saturated rings. The molecule has 1 heterocycles. The van der Waals surface area contributed by atoms with Crippen LogP contribution in [0.15, 0.2) is 30.9 Å². The van der Waals surface area contributed by atoms with Gasteiger partial charge in [-0.25, -0.2) is 0 Å². The Morgan fingerprint density at radius 3 is 2.82 bits per heavy atom. The molecule has 1 aliphatic rings. The van der Waals surface area contributed by atoms with Crippen molar-refractivity contribution < 1.29 is 9.84 Å². The molecule has 2 heteroatoms. The van der Waals surface area contributed by atoms with Gasteiger partial charge < -0.3 is 9.84 Å². The molecule has 17 heavy (non-hydrogen) atoms. The number of ether oxygens (including phenoxy) is 1. The van der Waals surface area contributed by atoms with E-state index in [4.69, 9.17) is 4.74 Å². The van der Waals surface area contributed by atoms with E-state index in [9.17, 15) is 5.11 Å². The van der Waals surface area contributed by atoms with Gasteiger partial charge in [-0.05, 0) is 36.5 Å². The highest BCUT2D eigenvalue weighted by molar-refractivity contribution is 5.45. The average Bonchev–Trinajstić information content (AvgIpc) is 2.28. The van der Waals surface area contributed by atoms with Crippen molar-refractivity contribution in [1.82, 2.24) is 0 Å². The largest absolute Gasteiger partial charge is 0.493 e. The summed E-state index contributed by atoms with van der Waals surface area (Å²) in [6, 6.07) is 5.89. The van der Waals surface area contributed by atoms with Crippen molar-refractivity contribution in [2.24, 2.45) is 0 Å². The fraction of sp³-hybridized carbons (Fsp3) is 0.467. The van der Waals surface area contributed by atoms with E-state index >= 15 is 0 Å². The van der Waals surface area contributed by atoms with Crippen LogP contribution in [0.2, 0.25) is 0 Å². The smallest absolute Gasteiger partial charge is 0.123 e. The molecule has 0 saturated heterocycles. The first-order valence-corrected chi connectivity index (χ1v) is 6.00. The van der Waals surface area contributed by atoms with E-state index in [0.717, 1.165) is 24.3 Å². The molecule has 0 radical (unpaired) electrons. The maximum atomic E-state index is 10.2. The van der Waals surface area contributed by atoms with E-state index in [0.29, 0.717) is 0 Å². The van der Waals surface area contributed by atoms with Gasteiger partial charge in [0.1, 0.15) is 11.4 Å². The Morgan fingerprint density at radius 2 is 2.18 bits per heavy atom. The Balaban J connectivity index is 2.52. The molecule has 1 aliphatic heterocycles. The highest BCUT2D eigenvalue weighted by atomic mass is 16.5. The van der Waals surface area contributed by atoms with Crippen LogP contribution in [0.5, 0.6) is 5.75 Å². The van der Waals surface area contributed by atoms with Gasteiger partial charge in [-0.1, -0.05) is 32.6 Å². The fourth-order valence-electron chi connectivity index (χ4n) is 2.17. The van der Waals surface area contributed by atoms with Gasteiger partial charge in [-0.15, -0.1) is 0 Å². The van der Waals surface area contributed by atoms with Crippen molar-refractivity contribution in [3.8, 4) is 5.75 Å². The molecule has 1 aromatic carbocycles. The van der Waals surface area contributed by atoms with Crippen LogP contribution in [-0.4, -0.2) is 11.7 Å². The summed E-state index contributed by atoms with van der Waals surface area (Å²) < 4.78 is 5.65. The highest BCUT2D eigenvalue weighted by Crippen LogP contribution is 2.40. The van der Waals surface area contributed by atoms with Crippen LogP contribution in [0.3, 0.4) is 0 Å². The zero-order valence-corrected chi connectivity index (χ0v) is 10.8. The number of hydrogen-bond acceptors (Lipinski definition) is 2. The fourth-order valence-corrected chi connectivity index (χ4v) is 2.17. The van der Waals surface area contributed by atoms with Crippen LogP contribution in [0.4, 0.5) is 0 Å². The van der Waals surface area contributed by atoms with E-state index in [2.05, 4.69) is 20.4 Å². The van der Waals surface area contributed by atoms with E-state index in [1.807, 2.05) is 18.2 Å². The van der Waals surface area contributed by atoms with Crippen LogP contribution >= 0.6 is 0 Å². The van der Waals surface area contributed by atoms with E-state index in [-0.39, 0.29) is 5.41 Å². The second-order valence-electron chi connectivity index (χ2n) is 5.54. The van der Waals surface area contributed by atoms with Crippen molar-refractivity contribution in [3.63, 3.8) is 0 Å². The molecule has 2 nitrogen and oxygen atoms in total. The zero-order chi connectivity index (χ0) is 12.7. The van der Waals surface area contributed by atoms with Gasteiger partial charge in [0.15, 0.2) is 0 Å². The quantitative estimate of drug-likeness (QED) is 0.794. The SMILES string of the molecule is C=C[C@@](C)(O)c1ccc2c(c1)C(C)(C)CCO2. The number of fused-ring (bicyclic) bond motifs is 1. The molecule has 1 N–H and O–H groups in total. The normalized spacial score (nSPS) is 20.9. The van der Waals surface area contributed by atoms with Gasteiger partial charge >= 0.3 is 0 Å². The highest BCUT2D eigenvalue weighted by Gasteiger charge is 2.30. The lowest BCUT2D eigenvalue weighted by Crippen LogP contribution is -2.28. The van der Waals surface area contributed by atoms with Crippen molar-refractivity contribution in [2.75, 3.05) is 6.61 Å². The number of benzene rings is 1. The van der Waals surface area contributed by atoms with Crippen LogP contribution in [0.25, 0.3) is 0 Å². The van der Waals surface area contributed by atoms with Crippen molar-refractivity contribution >= 4 is 0 Å². The van der Waals surface area contributed by atoms with Crippen molar-refractivity contribution in [1.29, 1.82) is 0 Å². The summed E-state index contributed by atoms with van der Waals surface area (Å²) in [6.45, 7) is 10.6. The van der Waals surface area contributed by atoms with Crippen molar-refractivity contribution in [3.05, 3.63) is 42.0 Å². The Labute approximate surface area is 103 Å². The number of hydrogen-bond donors (Lipinski definition) is 1. The molecule has 0 saturated carbocycles. The Hall–Kier alpha value is -1.28. The lowest BCUT2D eigenvalue weighted by Gasteiger charge is -2.33. The van der Waals surface area contributed by atoms with Crippen LogP contribution in [0.1, 0.15) is 38.3 Å². The monoisotopic (exact) mass is 232 g/mol. The maximum absolute atomic E-state index is 10.2. The third-order valence-corrected chi connectivity index (χ3v) is 3.68. The van der Waals surface area contributed by atoms with Crippen molar-refractivity contribution in [2.45, 2.75) is 38.2 Å². The molecule has 1 atom stereocenters. The lowest BCUT2D eigenvalue weighted by atomic mass is 9.78. The number of rotatable bonds is 2. The summed E-state index contributed by atoms with van der Waals surface area (Å²) in [5.41, 5.74) is 1.15. The summed E-state index contributed by atoms with van der Waals surface area (Å²) in [5.74, 6) is 0.935. The summed E-state index contributed by atoms with van der Waals surface area (Å²) in [6.07, 6.45) is 2.56. The summed E-state index contributed by atoms with van der Waals surface area (Å²) >= 11 is 0. The third-order valence-electron chi connectivity index (χ3n) is 3.68. The average molecular weight is 232 g/mol. The topological polar surface area (TPSA) is 29.5 Å². The van der Waals surface area contributed by atoms with Crippen LogP contribution in [-0.2, 0) is 11.0 Å². The second kappa shape index (κ2) is 3.88. The summed E-state index contributed by atoms with van der Waals surface area (Å²) in [7, 11) is 0.